The molecule has 1 aromatic carbocycles. The van der Waals surface area contributed by atoms with Gasteiger partial charge in [-0.1, -0.05) is 44.2 Å². The Morgan fingerprint density at radius 1 is 0.968 bits per heavy atom. The molecule has 172 valence electrons. The van der Waals surface area contributed by atoms with Gasteiger partial charge in [0.05, 0.1) is 12.6 Å². The van der Waals surface area contributed by atoms with E-state index in [0.717, 1.165) is 5.56 Å². The molecule has 11 heteroatoms. The third kappa shape index (κ3) is 8.56. The number of aliphatic hydroxyl groups is 1. The number of hydrogen-bond acceptors (Lipinski definition) is 7. The first kappa shape index (κ1) is 26.4. The fraction of sp³-hybridized carbons (Fsp3) is 0.500. The zero-order valence-electron chi connectivity index (χ0n) is 17.4. The van der Waals surface area contributed by atoms with E-state index in [1.807, 2.05) is 6.07 Å². The van der Waals surface area contributed by atoms with Crippen LogP contribution in [-0.4, -0.2) is 70.4 Å². The van der Waals surface area contributed by atoms with Crippen LogP contribution in [0.25, 0.3) is 0 Å². The van der Waals surface area contributed by atoms with E-state index >= 15 is 0 Å². The van der Waals surface area contributed by atoms with Crippen molar-refractivity contribution in [2.24, 2.45) is 11.7 Å². The van der Waals surface area contributed by atoms with Crippen LogP contribution in [0.3, 0.4) is 0 Å². The fourth-order valence-electron chi connectivity index (χ4n) is 2.66. The zero-order chi connectivity index (χ0) is 23.6. The third-order valence-electron chi connectivity index (χ3n) is 4.49. The molecule has 0 aliphatic heterocycles. The molecule has 3 amide bonds. The van der Waals surface area contributed by atoms with Gasteiger partial charge < -0.3 is 31.9 Å². The van der Waals surface area contributed by atoms with Crippen LogP contribution in [0, 0.1) is 5.92 Å². The summed E-state index contributed by atoms with van der Waals surface area (Å²) in [6.07, 6.45) is 0.151. The van der Waals surface area contributed by atoms with Crippen LogP contribution in [0.1, 0.15) is 19.4 Å². The van der Waals surface area contributed by atoms with Crippen molar-refractivity contribution in [3.63, 3.8) is 0 Å². The predicted molar refractivity (Wildman–Crippen MR) is 117 cm³/mol. The molecule has 1 aromatic rings. The molecule has 7 N–H and O–H groups in total. The molecule has 0 aliphatic carbocycles. The Balaban J connectivity index is 3.02. The number of carbonyl (C=O) groups excluding carboxylic acids is 3. The van der Waals surface area contributed by atoms with Gasteiger partial charge in [0.25, 0.3) is 0 Å². The lowest BCUT2D eigenvalue weighted by Crippen LogP contribution is -2.59. The molecule has 31 heavy (non-hydrogen) atoms. The average Bonchev–Trinajstić information content (AvgIpc) is 2.74. The average molecular weight is 455 g/mol. The zero-order valence-corrected chi connectivity index (χ0v) is 18.3. The molecule has 10 nitrogen and oxygen atoms in total. The molecule has 4 atom stereocenters. The Labute approximate surface area is 186 Å². The number of nitrogens with two attached hydrogens (primary N) is 1. The number of carboxylic acid groups (broad SMARTS) is 1. The minimum absolute atomic E-state index is 0.0836. The van der Waals surface area contributed by atoms with Crippen LogP contribution in [0.2, 0.25) is 0 Å². The summed E-state index contributed by atoms with van der Waals surface area (Å²) in [6.45, 7) is 2.54. The molecule has 0 saturated heterocycles. The SMILES string of the molecule is CC(C)C(NC(=O)C(Cc1ccccc1)NC(=O)C(N)CS)C(=O)NC(CO)C(=O)O. The smallest absolute Gasteiger partial charge is 0.328 e. The normalized spacial score (nSPS) is 14.8. The number of aliphatic hydroxyl groups excluding tert-OH is 1. The summed E-state index contributed by atoms with van der Waals surface area (Å²) in [5.41, 5.74) is 6.47. The quantitative estimate of drug-likeness (QED) is 0.192. The Kier molecular flexibility index (Phi) is 11.0. The van der Waals surface area contributed by atoms with E-state index in [0.29, 0.717) is 0 Å². The van der Waals surface area contributed by atoms with Crippen molar-refractivity contribution in [2.75, 3.05) is 12.4 Å². The van der Waals surface area contributed by atoms with Gasteiger partial charge in [-0.2, -0.15) is 12.6 Å². The second-order valence-corrected chi connectivity index (χ2v) is 7.72. The first-order valence-electron chi connectivity index (χ1n) is 9.75. The molecule has 0 aliphatic rings. The molecule has 1 rings (SSSR count). The number of rotatable bonds is 12. The predicted octanol–water partition coefficient (Wildman–Crippen LogP) is -1.33. The summed E-state index contributed by atoms with van der Waals surface area (Å²) in [6, 6.07) is 4.43. The molecular weight excluding hydrogens is 424 g/mol. The Bertz CT molecular complexity index is 761. The van der Waals surface area contributed by atoms with Crippen molar-refractivity contribution < 1.29 is 29.4 Å². The van der Waals surface area contributed by atoms with Crippen molar-refractivity contribution in [2.45, 2.75) is 44.4 Å². The van der Waals surface area contributed by atoms with Crippen LogP contribution in [0.15, 0.2) is 30.3 Å². The lowest BCUT2D eigenvalue weighted by molar-refractivity contribution is -0.143. The number of carbonyl (C=O) groups is 4. The summed E-state index contributed by atoms with van der Waals surface area (Å²) in [4.78, 5) is 48.8. The molecule has 0 bridgehead atoms. The van der Waals surface area contributed by atoms with Gasteiger partial charge >= 0.3 is 5.97 Å². The van der Waals surface area contributed by atoms with E-state index in [1.165, 1.54) is 0 Å². The summed E-state index contributed by atoms with van der Waals surface area (Å²) >= 11 is 3.99. The van der Waals surface area contributed by atoms with Gasteiger partial charge in [-0.05, 0) is 11.5 Å². The number of hydrogen-bond donors (Lipinski definition) is 7. The Morgan fingerprint density at radius 2 is 1.55 bits per heavy atom. The maximum Gasteiger partial charge on any atom is 0.328 e. The van der Waals surface area contributed by atoms with Crippen LogP contribution in [0.5, 0.6) is 0 Å². The minimum atomic E-state index is -1.50. The van der Waals surface area contributed by atoms with Crippen molar-refractivity contribution in [3.05, 3.63) is 35.9 Å². The maximum atomic E-state index is 13.0. The number of thiol groups is 1. The largest absolute Gasteiger partial charge is 0.480 e. The van der Waals surface area contributed by atoms with Crippen LogP contribution >= 0.6 is 12.6 Å². The number of nitrogens with one attached hydrogen (secondary N) is 3. The third-order valence-corrected chi connectivity index (χ3v) is 4.89. The highest BCUT2D eigenvalue weighted by atomic mass is 32.1. The summed E-state index contributed by atoms with van der Waals surface area (Å²) < 4.78 is 0. The molecule has 0 spiro atoms. The number of benzene rings is 1. The topological polar surface area (TPSA) is 171 Å². The first-order chi connectivity index (χ1) is 14.6. The van der Waals surface area contributed by atoms with Crippen molar-refractivity contribution in [1.82, 2.24) is 16.0 Å². The summed E-state index contributed by atoms with van der Waals surface area (Å²) in [5.74, 6) is -3.68. The van der Waals surface area contributed by atoms with Crippen LogP contribution in [0.4, 0.5) is 0 Å². The van der Waals surface area contributed by atoms with Gasteiger partial charge in [0.2, 0.25) is 17.7 Å². The Hall–Kier alpha value is -2.63. The standard InChI is InChI=1S/C20H30N4O6S/c1-11(2)16(19(28)23-15(9-25)20(29)30)24-18(27)14(22-17(26)13(21)10-31)8-12-6-4-3-5-7-12/h3-7,11,13-16,25,31H,8-10,21H2,1-2H3,(H,22,26)(H,23,28)(H,24,27)(H,29,30). The van der Waals surface area contributed by atoms with Crippen LogP contribution < -0.4 is 21.7 Å². The van der Waals surface area contributed by atoms with E-state index < -0.39 is 60.4 Å². The highest BCUT2D eigenvalue weighted by molar-refractivity contribution is 7.80. The summed E-state index contributed by atoms with van der Waals surface area (Å²) in [7, 11) is 0. The van der Waals surface area contributed by atoms with Gasteiger partial charge in [-0.15, -0.1) is 0 Å². The first-order valence-corrected chi connectivity index (χ1v) is 10.4. The van der Waals surface area contributed by atoms with E-state index in [9.17, 15) is 19.2 Å². The number of carboxylic acids is 1. The highest BCUT2D eigenvalue weighted by Crippen LogP contribution is 2.07. The van der Waals surface area contributed by atoms with Gasteiger partial charge in [0, 0.05) is 12.2 Å². The van der Waals surface area contributed by atoms with Crippen molar-refractivity contribution in [3.8, 4) is 0 Å². The second kappa shape index (κ2) is 12.9. The molecule has 0 saturated carbocycles. The molecule has 0 fully saturated rings. The molecular formula is C20H30N4O6S. The van der Waals surface area contributed by atoms with Gasteiger partial charge in [-0.3, -0.25) is 14.4 Å². The number of amides is 3. The van der Waals surface area contributed by atoms with Crippen molar-refractivity contribution >= 4 is 36.3 Å². The highest BCUT2D eigenvalue weighted by Gasteiger charge is 2.31. The Morgan fingerprint density at radius 3 is 2.03 bits per heavy atom. The van der Waals surface area contributed by atoms with Crippen LogP contribution in [-0.2, 0) is 25.6 Å². The van der Waals surface area contributed by atoms with Crippen molar-refractivity contribution in [1.29, 1.82) is 0 Å². The van der Waals surface area contributed by atoms with E-state index in [4.69, 9.17) is 15.9 Å². The van der Waals surface area contributed by atoms with E-state index in [-0.39, 0.29) is 12.2 Å². The molecule has 0 heterocycles. The number of aliphatic carboxylic acids is 1. The summed E-state index contributed by atoms with van der Waals surface area (Å²) in [5, 5.41) is 25.5. The van der Waals surface area contributed by atoms with E-state index in [2.05, 4.69) is 28.6 Å². The second-order valence-electron chi connectivity index (χ2n) is 7.35. The lowest BCUT2D eigenvalue weighted by Gasteiger charge is -2.26. The monoisotopic (exact) mass is 454 g/mol. The van der Waals surface area contributed by atoms with Gasteiger partial charge in [0.1, 0.15) is 18.1 Å². The lowest BCUT2D eigenvalue weighted by atomic mass is 10.0. The molecule has 0 radical (unpaired) electrons. The molecule has 0 aromatic heterocycles. The van der Waals surface area contributed by atoms with Gasteiger partial charge in [-0.25, -0.2) is 4.79 Å². The molecule has 4 unspecified atom stereocenters. The fourth-order valence-corrected chi connectivity index (χ4v) is 2.82. The van der Waals surface area contributed by atoms with Gasteiger partial charge in [0.15, 0.2) is 0 Å². The minimum Gasteiger partial charge on any atom is -0.480 e. The maximum absolute atomic E-state index is 13.0. The van der Waals surface area contributed by atoms with E-state index in [1.54, 1.807) is 38.1 Å².